The van der Waals surface area contributed by atoms with Crippen LogP contribution < -0.4 is 24.4 Å². The minimum atomic E-state index is -0.514. The monoisotopic (exact) mass is 488 g/mol. The van der Waals surface area contributed by atoms with E-state index in [0.717, 1.165) is 16.3 Å². The van der Waals surface area contributed by atoms with Gasteiger partial charge in [0.25, 0.3) is 5.91 Å². The number of esters is 1. The van der Waals surface area contributed by atoms with Crippen LogP contribution in [0.3, 0.4) is 0 Å². The van der Waals surface area contributed by atoms with Gasteiger partial charge in [-0.1, -0.05) is 30.3 Å². The van der Waals surface area contributed by atoms with E-state index in [1.807, 2.05) is 36.4 Å². The second-order valence-electron chi connectivity index (χ2n) is 7.58. The van der Waals surface area contributed by atoms with Gasteiger partial charge in [0.1, 0.15) is 11.4 Å². The number of nitrogens with one attached hydrogen (secondary N) is 2. The molecule has 1 heterocycles. The van der Waals surface area contributed by atoms with E-state index in [1.165, 1.54) is 27.4 Å². The molecule has 0 spiro atoms. The molecule has 0 bridgehead atoms. The lowest BCUT2D eigenvalue weighted by molar-refractivity contribution is -0.132. The smallest absolute Gasteiger partial charge is 0.308 e. The number of hydrazone groups is 1. The fraction of sp³-hybridized carbons (Fsp3) is 0.154. The van der Waals surface area contributed by atoms with Gasteiger partial charge in [-0.05, 0) is 35.0 Å². The number of H-pyrrole nitrogens is 1. The molecule has 0 atom stereocenters. The molecule has 0 aliphatic carbocycles. The molecule has 0 aliphatic heterocycles. The molecule has 4 rings (SSSR count). The Bertz CT molecular complexity index is 1440. The summed E-state index contributed by atoms with van der Waals surface area (Å²) in [6.45, 7) is 1.28. The Morgan fingerprint density at radius 2 is 1.64 bits per heavy atom. The zero-order valence-electron chi connectivity index (χ0n) is 20.1. The highest BCUT2D eigenvalue weighted by Gasteiger charge is 2.17. The van der Waals surface area contributed by atoms with Crippen LogP contribution in [0.1, 0.15) is 23.0 Å². The first-order valence-corrected chi connectivity index (χ1v) is 10.8. The molecule has 0 saturated heterocycles. The molecule has 10 heteroatoms. The molecule has 0 radical (unpaired) electrons. The van der Waals surface area contributed by atoms with Crippen LogP contribution in [-0.2, 0) is 4.79 Å². The molecule has 2 N–H and O–H groups in total. The van der Waals surface area contributed by atoms with E-state index in [1.54, 1.807) is 25.3 Å². The largest absolute Gasteiger partial charge is 0.496 e. The van der Waals surface area contributed by atoms with Gasteiger partial charge in [-0.2, -0.15) is 10.2 Å². The van der Waals surface area contributed by atoms with Crippen molar-refractivity contribution in [3.63, 3.8) is 0 Å². The summed E-state index contributed by atoms with van der Waals surface area (Å²) in [6, 6.07) is 16.5. The Morgan fingerprint density at radius 1 is 0.944 bits per heavy atom. The maximum absolute atomic E-state index is 12.7. The fourth-order valence-corrected chi connectivity index (χ4v) is 3.70. The number of aromatic nitrogens is 2. The van der Waals surface area contributed by atoms with E-state index in [-0.39, 0.29) is 22.9 Å². The number of carbonyl (C=O) groups is 2. The third-order valence-corrected chi connectivity index (χ3v) is 5.30. The SMILES string of the molecule is COc1cc(/C=N/NC(=O)c2cc(-c3c(OC)ccc4ccccc34)n[nH]2)cc(OC)c1OC(C)=O. The van der Waals surface area contributed by atoms with Gasteiger partial charge in [0, 0.05) is 12.5 Å². The highest BCUT2D eigenvalue weighted by molar-refractivity contribution is 6.00. The van der Waals surface area contributed by atoms with Crippen LogP contribution in [0.25, 0.3) is 22.0 Å². The Labute approximate surface area is 206 Å². The van der Waals surface area contributed by atoms with Crippen LogP contribution >= 0.6 is 0 Å². The summed E-state index contributed by atoms with van der Waals surface area (Å²) >= 11 is 0. The lowest BCUT2D eigenvalue weighted by Crippen LogP contribution is -2.18. The molecule has 1 amide bonds. The number of methoxy groups -OCH3 is 3. The number of fused-ring (bicyclic) bond motifs is 1. The summed E-state index contributed by atoms with van der Waals surface area (Å²) in [5, 5.41) is 13.1. The van der Waals surface area contributed by atoms with Gasteiger partial charge in [-0.15, -0.1) is 0 Å². The third-order valence-electron chi connectivity index (χ3n) is 5.30. The Balaban J connectivity index is 1.55. The van der Waals surface area contributed by atoms with Crippen molar-refractivity contribution >= 4 is 28.9 Å². The number of benzene rings is 3. The predicted octanol–water partition coefficient (Wildman–Crippen LogP) is 3.94. The van der Waals surface area contributed by atoms with E-state index >= 15 is 0 Å². The number of carbonyl (C=O) groups excluding carboxylic acids is 2. The summed E-state index contributed by atoms with van der Waals surface area (Å²) in [5.41, 5.74) is 4.57. The quantitative estimate of drug-likeness (QED) is 0.167. The van der Waals surface area contributed by atoms with E-state index in [2.05, 4.69) is 20.7 Å². The molecule has 0 unspecified atom stereocenters. The number of rotatable bonds is 8. The van der Waals surface area contributed by atoms with Crippen LogP contribution in [0.2, 0.25) is 0 Å². The minimum Gasteiger partial charge on any atom is -0.496 e. The number of nitrogens with zero attached hydrogens (tertiary/aromatic N) is 2. The summed E-state index contributed by atoms with van der Waals surface area (Å²) in [6.07, 6.45) is 1.41. The van der Waals surface area contributed by atoms with Crippen molar-refractivity contribution < 1.29 is 28.5 Å². The topological polar surface area (TPSA) is 124 Å². The third kappa shape index (κ3) is 4.97. The fourth-order valence-electron chi connectivity index (χ4n) is 3.70. The summed E-state index contributed by atoms with van der Waals surface area (Å²) in [5.74, 6) is 0.354. The molecule has 0 fully saturated rings. The number of hydrogen-bond acceptors (Lipinski definition) is 8. The first kappa shape index (κ1) is 24.3. The second kappa shape index (κ2) is 10.6. The molecule has 184 valence electrons. The maximum Gasteiger partial charge on any atom is 0.308 e. The first-order chi connectivity index (χ1) is 17.4. The predicted molar refractivity (Wildman–Crippen MR) is 134 cm³/mol. The lowest BCUT2D eigenvalue weighted by Gasteiger charge is -2.13. The molecule has 4 aromatic rings. The van der Waals surface area contributed by atoms with Crippen molar-refractivity contribution in [2.75, 3.05) is 21.3 Å². The highest BCUT2D eigenvalue weighted by Crippen LogP contribution is 2.38. The van der Waals surface area contributed by atoms with Crippen molar-refractivity contribution in [3.8, 4) is 34.3 Å². The van der Waals surface area contributed by atoms with Crippen molar-refractivity contribution in [2.45, 2.75) is 6.92 Å². The molecule has 3 aromatic carbocycles. The normalized spacial score (nSPS) is 10.9. The van der Waals surface area contributed by atoms with Gasteiger partial charge in [0.15, 0.2) is 11.5 Å². The molecule has 0 aliphatic rings. The standard InChI is InChI=1S/C26H24N4O6/c1-15(31)36-25-22(34-3)11-16(12-23(25)35-4)14-27-30-26(32)20-13-19(28-29-20)24-18-8-6-5-7-17(18)9-10-21(24)33-2/h5-14H,1-4H3,(H,28,29)(H,30,32)/b27-14+. The Morgan fingerprint density at radius 3 is 2.31 bits per heavy atom. The van der Waals surface area contributed by atoms with Gasteiger partial charge in [-0.3, -0.25) is 14.7 Å². The van der Waals surface area contributed by atoms with Gasteiger partial charge < -0.3 is 18.9 Å². The lowest BCUT2D eigenvalue weighted by atomic mass is 10.0. The molecule has 36 heavy (non-hydrogen) atoms. The summed E-state index contributed by atoms with van der Waals surface area (Å²) < 4.78 is 21.3. The van der Waals surface area contributed by atoms with Crippen LogP contribution in [0.15, 0.2) is 59.7 Å². The number of ether oxygens (including phenoxy) is 4. The number of amides is 1. The van der Waals surface area contributed by atoms with Gasteiger partial charge in [0.05, 0.1) is 38.8 Å². The van der Waals surface area contributed by atoms with Crippen molar-refractivity contribution in [2.24, 2.45) is 5.10 Å². The molecule has 1 aromatic heterocycles. The molecular weight excluding hydrogens is 464 g/mol. The van der Waals surface area contributed by atoms with Gasteiger partial charge in [0.2, 0.25) is 5.75 Å². The van der Waals surface area contributed by atoms with E-state index in [9.17, 15) is 9.59 Å². The number of aromatic amines is 1. The van der Waals surface area contributed by atoms with E-state index in [0.29, 0.717) is 17.0 Å². The number of hydrogen-bond donors (Lipinski definition) is 2. The van der Waals surface area contributed by atoms with Crippen molar-refractivity contribution in [1.82, 2.24) is 15.6 Å². The zero-order chi connectivity index (χ0) is 25.7. The van der Waals surface area contributed by atoms with E-state index in [4.69, 9.17) is 18.9 Å². The molecule has 0 saturated carbocycles. The second-order valence-corrected chi connectivity index (χ2v) is 7.58. The minimum absolute atomic E-state index is 0.155. The molecular formula is C26H24N4O6. The van der Waals surface area contributed by atoms with E-state index < -0.39 is 11.9 Å². The Hall–Kier alpha value is -4.86. The van der Waals surface area contributed by atoms with Crippen LogP contribution in [0.5, 0.6) is 23.0 Å². The van der Waals surface area contributed by atoms with Crippen LogP contribution in [0, 0.1) is 0 Å². The summed E-state index contributed by atoms with van der Waals surface area (Å²) in [4.78, 5) is 24.1. The van der Waals surface area contributed by atoms with Gasteiger partial charge in [-0.25, -0.2) is 5.43 Å². The maximum atomic E-state index is 12.7. The van der Waals surface area contributed by atoms with Crippen molar-refractivity contribution in [3.05, 3.63) is 65.9 Å². The highest BCUT2D eigenvalue weighted by atomic mass is 16.6. The zero-order valence-corrected chi connectivity index (χ0v) is 20.1. The van der Waals surface area contributed by atoms with Crippen LogP contribution in [0.4, 0.5) is 0 Å². The van der Waals surface area contributed by atoms with Crippen molar-refractivity contribution in [1.29, 1.82) is 0 Å². The van der Waals surface area contributed by atoms with Gasteiger partial charge >= 0.3 is 5.97 Å². The average Bonchev–Trinajstić information content (AvgIpc) is 3.38. The average molecular weight is 489 g/mol. The molecule has 10 nitrogen and oxygen atoms in total. The summed E-state index contributed by atoms with van der Waals surface area (Å²) in [7, 11) is 4.46. The Kier molecular flexibility index (Phi) is 7.15. The first-order valence-electron chi connectivity index (χ1n) is 10.8. The van der Waals surface area contributed by atoms with Crippen LogP contribution in [-0.4, -0.2) is 49.6 Å².